The Morgan fingerprint density at radius 2 is 1.95 bits per heavy atom. The molecule has 1 aromatic rings. The van der Waals surface area contributed by atoms with Gasteiger partial charge in [0.25, 0.3) is 0 Å². The molecule has 118 valence electrons. The van der Waals surface area contributed by atoms with Crippen LogP contribution in [0.3, 0.4) is 0 Å². The topological polar surface area (TPSA) is 35.2 Å². The van der Waals surface area contributed by atoms with Crippen LogP contribution in [0.2, 0.25) is 0 Å². The second-order valence-corrected chi connectivity index (χ2v) is 7.70. The van der Waals surface area contributed by atoms with Gasteiger partial charge in [-0.2, -0.15) is 0 Å². The lowest BCUT2D eigenvalue weighted by molar-refractivity contribution is 0.133. The van der Waals surface area contributed by atoms with E-state index in [1.807, 2.05) is 0 Å². The Kier molecular flexibility index (Phi) is 4.98. The summed E-state index contributed by atoms with van der Waals surface area (Å²) in [4.78, 5) is 0. The van der Waals surface area contributed by atoms with E-state index in [4.69, 9.17) is 10.5 Å². The molecular weight excluding hydrogens is 258 g/mol. The summed E-state index contributed by atoms with van der Waals surface area (Å²) < 4.78 is 5.34. The van der Waals surface area contributed by atoms with E-state index in [2.05, 4.69) is 45.9 Å². The fourth-order valence-corrected chi connectivity index (χ4v) is 3.87. The number of aryl methyl sites for hydroxylation is 1. The first kappa shape index (κ1) is 16.4. The number of nitrogens with two attached hydrogens (primary N) is 1. The fourth-order valence-electron chi connectivity index (χ4n) is 3.87. The number of benzene rings is 1. The molecule has 0 radical (unpaired) electrons. The first-order valence-corrected chi connectivity index (χ1v) is 8.21. The lowest BCUT2D eigenvalue weighted by Crippen LogP contribution is -2.34. The maximum atomic E-state index is 6.07. The third-order valence-corrected chi connectivity index (χ3v) is 5.40. The molecule has 2 heteroatoms. The van der Waals surface area contributed by atoms with E-state index in [0.29, 0.717) is 17.3 Å². The second-order valence-electron chi connectivity index (χ2n) is 7.70. The van der Waals surface area contributed by atoms with Gasteiger partial charge in [-0.3, -0.25) is 0 Å². The molecule has 2 N–H and O–H groups in total. The molecule has 1 fully saturated rings. The zero-order valence-electron chi connectivity index (χ0n) is 14.3. The van der Waals surface area contributed by atoms with Gasteiger partial charge in [0.05, 0.1) is 7.11 Å². The summed E-state index contributed by atoms with van der Waals surface area (Å²) in [6, 6.07) is 6.51. The molecule has 0 saturated heterocycles. The van der Waals surface area contributed by atoms with E-state index in [1.54, 1.807) is 7.11 Å². The van der Waals surface area contributed by atoms with Gasteiger partial charge in [-0.15, -0.1) is 0 Å². The van der Waals surface area contributed by atoms with Crippen molar-refractivity contribution >= 4 is 0 Å². The van der Waals surface area contributed by atoms with Gasteiger partial charge in [0.2, 0.25) is 0 Å². The van der Waals surface area contributed by atoms with Crippen molar-refractivity contribution in [1.82, 2.24) is 0 Å². The van der Waals surface area contributed by atoms with Crippen LogP contribution in [0.15, 0.2) is 18.2 Å². The molecular formula is C19H31NO. The first-order valence-electron chi connectivity index (χ1n) is 8.21. The molecule has 0 aromatic heterocycles. The quantitative estimate of drug-likeness (QED) is 0.888. The number of rotatable bonds is 3. The Balaban J connectivity index is 2.29. The minimum atomic E-state index is 0.387. The SMILES string of the molecule is COc1ccc(C2CC(C(C)(C)C)CCC2CN)c(C)c1. The highest BCUT2D eigenvalue weighted by Gasteiger charge is 2.36. The van der Waals surface area contributed by atoms with Crippen LogP contribution in [0.25, 0.3) is 0 Å². The number of hydrogen-bond donors (Lipinski definition) is 1. The maximum absolute atomic E-state index is 6.07. The van der Waals surface area contributed by atoms with Crippen LogP contribution in [0.4, 0.5) is 0 Å². The van der Waals surface area contributed by atoms with Gasteiger partial charge in [-0.05, 0) is 79.2 Å². The molecule has 0 aliphatic heterocycles. The molecule has 1 saturated carbocycles. The van der Waals surface area contributed by atoms with E-state index < -0.39 is 0 Å². The van der Waals surface area contributed by atoms with Crippen LogP contribution in [-0.4, -0.2) is 13.7 Å². The second kappa shape index (κ2) is 6.39. The van der Waals surface area contributed by atoms with E-state index in [0.717, 1.165) is 18.2 Å². The summed E-state index contributed by atoms with van der Waals surface area (Å²) in [5.41, 5.74) is 9.27. The first-order chi connectivity index (χ1) is 9.86. The van der Waals surface area contributed by atoms with E-state index in [-0.39, 0.29) is 0 Å². The Morgan fingerprint density at radius 3 is 2.48 bits per heavy atom. The van der Waals surface area contributed by atoms with Crippen LogP contribution < -0.4 is 10.5 Å². The van der Waals surface area contributed by atoms with Crippen molar-refractivity contribution in [2.75, 3.05) is 13.7 Å². The molecule has 2 nitrogen and oxygen atoms in total. The minimum absolute atomic E-state index is 0.387. The molecule has 0 spiro atoms. The smallest absolute Gasteiger partial charge is 0.119 e. The van der Waals surface area contributed by atoms with Crippen molar-refractivity contribution in [3.05, 3.63) is 29.3 Å². The normalized spacial score (nSPS) is 26.7. The molecule has 2 rings (SSSR count). The highest BCUT2D eigenvalue weighted by atomic mass is 16.5. The zero-order chi connectivity index (χ0) is 15.6. The fraction of sp³-hybridized carbons (Fsp3) is 0.684. The van der Waals surface area contributed by atoms with Crippen molar-refractivity contribution < 1.29 is 4.74 Å². The van der Waals surface area contributed by atoms with Crippen LogP contribution in [0.5, 0.6) is 5.75 Å². The largest absolute Gasteiger partial charge is 0.497 e. The molecule has 0 bridgehead atoms. The summed E-state index contributed by atoms with van der Waals surface area (Å²) in [5.74, 6) is 2.95. The van der Waals surface area contributed by atoms with Crippen molar-refractivity contribution in [2.24, 2.45) is 23.0 Å². The van der Waals surface area contributed by atoms with Crippen molar-refractivity contribution in [3.63, 3.8) is 0 Å². The summed E-state index contributed by atoms with van der Waals surface area (Å²) in [7, 11) is 1.73. The van der Waals surface area contributed by atoms with E-state index in [9.17, 15) is 0 Å². The van der Waals surface area contributed by atoms with Gasteiger partial charge in [0.15, 0.2) is 0 Å². The number of hydrogen-bond acceptors (Lipinski definition) is 2. The molecule has 3 atom stereocenters. The van der Waals surface area contributed by atoms with Gasteiger partial charge in [0, 0.05) is 0 Å². The predicted molar refractivity (Wildman–Crippen MR) is 89.8 cm³/mol. The van der Waals surface area contributed by atoms with Gasteiger partial charge >= 0.3 is 0 Å². The Bertz CT molecular complexity index is 475. The average molecular weight is 289 g/mol. The van der Waals surface area contributed by atoms with Crippen LogP contribution in [-0.2, 0) is 0 Å². The summed E-state index contributed by atoms with van der Waals surface area (Å²) >= 11 is 0. The summed E-state index contributed by atoms with van der Waals surface area (Å²) in [5, 5.41) is 0. The van der Waals surface area contributed by atoms with Crippen LogP contribution >= 0.6 is 0 Å². The minimum Gasteiger partial charge on any atom is -0.497 e. The molecule has 1 aromatic carbocycles. The lowest BCUT2D eigenvalue weighted by Gasteiger charge is -2.42. The standard InChI is InChI=1S/C19H31NO/c1-13-10-16(21-5)8-9-17(13)18-11-15(19(2,3)4)7-6-14(18)12-20/h8-10,14-15,18H,6-7,11-12,20H2,1-5H3. The third kappa shape index (κ3) is 3.60. The molecule has 0 amide bonds. The predicted octanol–water partition coefficient (Wildman–Crippen LogP) is 4.51. The van der Waals surface area contributed by atoms with Gasteiger partial charge in [-0.25, -0.2) is 0 Å². The molecule has 0 heterocycles. The Labute approximate surface area is 130 Å². The zero-order valence-corrected chi connectivity index (χ0v) is 14.3. The van der Waals surface area contributed by atoms with E-state index >= 15 is 0 Å². The molecule has 21 heavy (non-hydrogen) atoms. The lowest BCUT2D eigenvalue weighted by atomic mass is 9.63. The van der Waals surface area contributed by atoms with Crippen molar-refractivity contribution in [3.8, 4) is 5.75 Å². The Morgan fingerprint density at radius 1 is 1.24 bits per heavy atom. The average Bonchev–Trinajstić information content (AvgIpc) is 2.45. The number of ether oxygens (including phenoxy) is 1. The Hall–Kier alpha value is -1.02. The molecule has 1 aliphatic carbocycles. The molecule has 1 aliphatic rings. The number of methoxy groups -OCH3 is 1. The maximum Gasteiger partial charge on any atom is 0.119 e. The third-order valence-electron chi connectivity index (χ3n) is 5.40. The van der Waals surface area contributed by atoms with Crippen molar-refractivity contribution in [1.29, 1.82) is 0 Å². The highest BCUT2D eigenvalue weighted by Crippen LogP contribution is 2.47. The van der Waals surface area contributed by atoms with Gasteiger partial charge in [0.1, 0.15) is 5.75 Å². The van der Waals surface area contributed by atoms with E-state index in [1.165, 1.54) is 30.4 Å². The van der Waals surface area contributed by atoms with Gasteiger partial charge < -0.3 is 10.5 Å². The van der Waals surface area contributed by atoms with Gasteiger partial charge in [-0.1, -0.05) is 26.8 Å². The van der Waals surface area contributed by atoms with Crippen LogP contribution in [0.1, 0.15) is 57.1 Å². The van der Waals surface area contributed by atoms with Crippen LogP contribution in [0, 0.1) is 24.2 Å². The molecule has 3 unspecified atom stereocenters. The van der Waals surface area contributed by atoms with Crippen molar-refractivity contribution in [2.45, 2.75) is 52.9 Å². The summed E-state index contributed by atoms with van der Waals surface area (Å²) in [6.07, 6.45) is 3.84. The highest BCUT2D eigenvalue weighted by molar-refractivity contribution is 5.37. The summed E-state index contributed by atoms with van der Waals surface area (Å²) in [6.45, 7) is 10.1. The monoisotopic (exact) mass is 289 g/mol.